The van der Waals surface area contributed by atoms with Crippen molar-refractivity contribution in [3.05, 3.63) is 35.9 Å². The van der Waals surface area contributed by atoms with Crippen molar-refractivity contribution < 1.29 is 4.74 Å². The predicted molar refractivity (Wildman–Crippen MR) is 70.0 cm³/mol. The number of nitrogens with zero attached hydrogens (tertiary/aromatic N) is 1. The van der Waals surface area contributed by atoms with Gasteiger partial charge in [-0.25, -0.2) is 0 Å². The molecule has 94 valence electrons. The molecule has 1 aromatic rings. The summed E-state index contributed by atoms with van der Waals surface area (Å²) in [6, 6.07) is 10.4. The summed E-state index contributed by atoms with van der Waals surface area (Å²) in [7, 11) is 2.18. The van der Waals surface area contributed by atoms with E-state index in [0.717, 1.165) is 39.4 Å². The van der Waals surface area contributed by atoms with E-state index in [-0.39, 0.29) is 0 Å². The number of nitrogens with one attached hydrogen (secondary N) is 1. The van der Waals surface area contributed by atoms with Gasteiger partial charge in [0.2, 0.25) is 0 Å². The molecule has 0 radical (unpaired) electrons. The molecule has 0 saturated carbocycles. The zero-order valence-electron chi connectivity index (χ0n) is 10.6. The molecule has 1 aliphatic heterocycles. The molecule has 0 bridgehead atoms. The van der Waals surface area contributed by atoms with Crippen LogP contribution in [0.4, 0.5) is 0 Å². The lowest BCUT2D eigenvalue weighted by Gasteiger charge is -2.19. The lowest BCUT2D eigenvalue weighted by Crippen LogP contribution is -2.29. The lowest BCUT2D eigenvalue weighted by atomic mass is 10.1. The molecule has 1 saturated heterocycles. The fraction of sp³-hybridized carbons (Fsp3) is 0.571. The smallest absolute Gasteiger partial charge is 0.0717 e. The van der Waals surface area contributed by atoms with E-state index in [2.05, 4.69) is 41.5 Å². The van der Waals surface area contributed by atoms with Gasteiger partial charge in [-0.1, -0.05) is 30.3 Å². The third kappa shape index (κ3) is 4.46. The molecule has 1 aliphatic rings. The van der Waals surface area contributed by atoms with Gasteiger partial charge in [0.25, 0.3) is 0 Å². The highest BCUT2D eigenvalue weighted by Gasteiger charge is 2.15. The van der Waals surface area contributed by atoms with Crippen molar-refractivity contribution in [3.63, 3.8) is 0 Å². The van der Waals surface area contributed by atoms with Crippen LogP contribution in [0.3, 0.4) is 0 Å². The maximum absolute atomic E-state index is 5.80. The highest BCUT2D eigenvalue weighted by molar-refractivity contribution is 5.13. The SMILES string of the molecule is CN1CCNCC(COCc2ccccc2)C1. The van der Waals surface area contributed by atoms with Gasteiger partial charge in [0.15, 0.2) is 0 Å². The molecule has 0 aromatic heterocycles. The predicted octanol–water partition coefficient (Wildman–Crippen LogP) is 1.35. The molecule has 17 heavy (non-hydrogen) atoms. The topological polar surface area (TPSA) is 24.5 Å². The maximum Gasteiger partial charge on any atom is 0.0717 e. The number of likely N-dealkylation sites (N-methyl/N-ethyl adjacent to an activating group) is 1. The van der Waals surface area contributed by atoms with Crippen molar-refractivity contribution >= 4 is 0 Å². The Bertz CT molecular complexity index is 315. The van der Waals surface area contributed by atoms with E-state index in [4.69, 9.17) is 4.74 Å². The Morgan fingerprint density at radius 1 is 1.35 bits per heavy atom. The number of ether oxygens (including phenoxy) is 1. The summed E-state index contributed by atoms with van der Waals surface area (Å²) in [5, 5.41) is 3.45. The molecule has 1 atom stereocenters. The van der Waals surface area contributed by atoms with E-state index in [0.29, 0.717) is 5.92 Å². The molecule has 3 nitrogen and oxygen atoms in total. The zero-order valence-corrected chi connectivity index (χ0v) is 10.6. The summed E-state index contributed by atoms with van der Waals surface area (Å²) in [4.78, 5) is 2.37. The fourth-order valence-electron chi connectivity index (χ4n) is 2.20. The summed E-state index contributed by atoms with van der Waals surface area (Å²) in [6.45, 7) is 5.98. The van der Waals surface area contributed by atoms with Crippen LogP contribution in [0.2, 0.25) is 0 Å². The molecular formula is C14H22N2O. The highest BCUT2D eigenvalue weighted by atomic mass is 16.5. The van der Waals surface area contributed by atoms with Gasteiger partial charge in [-0.3, -0.25) is 0 Å². The Morgan fingerprint density at radius 2 is 2.18 bits per heavy atom. The summed E-state index contributed by atoms with van der Waals surface area (Å²) >= 11 is 0. The van der Waals surface area contributed by atoms with Crippen LogP contribution in [-0.4, -0.2) is 44.7 Å². The van der Waals surface area contributed by atoms with Crippen molar-refractivity contribution in [1.82, 2.24) is 10.2 Å². The standard InChI is InChI=1S/C14H22N2O/c1-16-8-7-15-9-14(10-16)12-17-11-13-5-3-2-4-6-13/h2-6,14-15H,7-12H2,1H3. The van der Waals surface area contributed by atoms with E-state index < -0.39 is 0 Å². The molecule has 1 fully saturated rings. The second kappa shape index (κ2) is 6.74. The van der Waals surface area contributed by atoms with Gasteiger partial charge in [-0.2, -0.15) is 0 Å². The molecule has 1 unspecified atom stereocenters. The minimum Gasteiger partial charge on any atom is -0.376 e. The van der Waals surface area contributed by atoms with Gasteiger partial charge >= 0.3 is 0 Å². The summed E-state index contributed by atoms with van der Waals surface area (Å²) in [5.41, 5.74) is 1.25. The summed E-state index contributed by atoms with van der Waals surface area (Å²) in [6.07, 6.45) is 0. The van der Waals surface area contributed by atoms with Crippen LogP contribution in [0.15, 0.2) is 30.3 Å². The first-order valence-corrected chi connectivity index (χ1v) is 6.35. The Labute approximate surface area is 104 Å². The van der Waals surface area contributed by atoms with E-state index >= 15 is 0 Å². The summed E-state index contributed by atoms with van der Waals surface area (Å²) < 4.78 is 5.80. The van der Waals surface area contributed by atoms with Gasteiger partial charge < -0.3 is 15.0 Å². The first kappa shape index (κ1) is 12.6. The van der Waals surface area contributed by atoms with Crippen molar-refractivity contribution in [2.24, 2.45) is 5.92 Å². The van der Waals surface area contributed by atoms with Crippen molar-refractivity contribution in [1.29, 1.82) is 0 Å². The summed E-state index contributed by atoms with van der Waals surface area (Å²) in [5.74, 6) is 0.603. The first-order chi connectivity index (χ1) is 8.34. The third-order valence-corrected chi connectivity index (χ3v) is 3.14. The van der Waals surface area contributed by atoms with Crippen molar-refractivity contribution in [3.8, 4) is 0 Å². The molecule has 2 rings (SSSR count). The molecule has 0 aliphatic carbocycles. The third-order valence-electron chi connectivity index (χ3n) is 3.14. The molecule has 3 heteroatoms. The number of hydrogen-bond acceptors (Lipinski definition) is 3. The van der Waals surface area contributed by atoms with E-state index in [1.165, 1.54) is 5.56 Å². The van der Waals surface area contributed by atoms with Crippen LogP contribution in [0, 0.1) is 5.92 Å². The Morgan fingerprint density at radius 3 is 3.00 bits per heavy atom. The van der Waals surface area contributed by atoms with E-state index in [9.17, 15) is 0 Å². The second-order valence-electron chi connectivity index (χ2n) is 4.83. The van der Waals surface area contributed by atoms with E-state index in [1.54, 1.807) is 0 Å². The van der Waals surface area contributed by atoms with Gasteiger partial charge in [-0.05, 0) is 12.6 Å². The number of rotatable bonds is 4. The van der Waals surface area contributed by atoms with E-state index in [1.807, 2.05) is 6.07 Å². The average Bonchev–Trinajstić information content (AvgIpc) is 2.55. The van der Waals surface area contributed by atoms with Crippen LogP contribution in [0.25, 0.3) is 0 Å². The van der Waals surface area contributed by atoms with Crippen LogP contribution in [0.5, 0.6) is 0 Å². The molecule has 1 heterocycles. The van der Waals surface area contributed by atoms with Crippen LogP contribution < -0.4 is 5.32 Å². The molecule has 1 aromatic carbocycles. The van der Waals surface area contributed by atoms with Gasteiger partial charge in [0.1, 0.15) is 0 Å². The highest BCUT2D eigenvalue weighted by Crippen LogP contribution is 2.06. The fourth-order valence-corrected chi connectivity index (χ4v) is 2.20. The Hall–Kier alpha value is -0.900. The zero-order chi connectivity index (χ0) is 11.9. The van der Waals surface area contributed by atoms with Gasteiger partial charge in [-0.15, -0.1) is 0 Å². The molecular weight excluding hydrogens is 212 g/mol. The number of hydrogen-bond donors (Lipinski definition) is 1. The molecule has 0 spiro atoms. The van der Waals surface area contributed by atoms with Crippen molar-refractivity contribution in [2.45, 2.75) is 6.61 Å². The second-order valence-corrected chi connectivity index (χ2v) is 4.83. The normalized spacial score (nSPS) is 22.3. The Kier molecular flexibility index (Phi) is 4.98. The largest absolute Gasteiger partial charge is 0.376 e. The van der Waals surface area contributed by atoms with Crippen LogP contribution in [-0.2, 0) is 11.3 Å². The Balaban J connectivity index is 1.70. The monoisotopic (exact) mass is 234 g/mol. The van der Waals surface area contributed by atoms with Gasteiger partial charge in [0, 0.05) is 32.1 Å². The average molecular weight is 234 g/mol. The minimum atomic E-state index is 0.603. The minimum absolute atomic E-state index is 0.603. The molecule has 1 N–H and O–H groups in total. The van der Waals surface area contributed by atoms with Crippen LogP contribution >= 0.6 is 0 Å². The number of benzene rings is 1. The van der Waals surface area contributed by atoms with Crippen LogP contribution in [0.1, 0.15) is 5.56 Å². The lowest BCUT2D eigenvalue weighted by molar-refractivity contribution is 0.0797. The first-order valence-electron chi connectivity index (χ1n) is 6.35. The van der Waals surface area contributed by atoms with Gasteiger partial charge in [0.05, 0.1) is 13.2 Å². The maximum atomic E-state index is 5.80. The molecule has 0 amide bonds. The quantitative estimate of drug-likeness (QED) is 0.851. The van der Waals surface area contributed by atoms with Crippen molar-refractivity contribution in [2.75, 3.05) is 39.8 Å².